The Labute approximate surface area is 133 Å². The molecule has 0 bridgehead atoms. The van der Waals surface area contributed by atoms with Crippen molar-refractivity contribution >= 4 is 27.5 Å². The zero-order valence-corrected chi connectivity index (χ0v) is 13.7. The van der Waals surface area contributed by atoms with Crippen molar-refractivity contribution in [2.75, 3.05) is 5.88 Å². The number of rotatable bonds is 5. The highest BCUT2D eigenvalue weighted by molar-refractivity contribution is 9.10. The zero-order chi connectivity index (χ0) is 14.5. The quantitative estimate of drug-likeness (QED) is 0.618. The van der Waals surface area contributed by atoms with Crippen LogP contribution in [-0.4, -0.2) is 5.88 Å². The Morgan fingerprint density at radius 3 is 2.45 bits per heavy atom. The molecule has 0 radical (unpaired) electrons. The van der Waals surface area contributed by atoms with Gasteiger partial charge < -0.3 is 0 Å². The summed E-state index contributed by atoms with van der Waals surface area (Å²) in [6.45, 7) is 2.01. The van der Waals surface area contributed by atoms with Crippen molar-refractivity contribution in [2.45, 2.75) is 19.8 Å². The van der Waals surface area contributed by atoms with Gasteiger partial charge in [0.25, 0.3) is 0 Å². The van der Waals surface area contributed by atoms with Crippen LogP contribution in [0.5, 0.6) is 0 Å². The van der Waals surface area contributed by atoms with E-state index < -0.39 is 0 Å². The molecule has 2 rings (SSSR count). The molecule has 20 heavy (non-hydrogen) atoms. The minimum Gasteiger partial charge on any atom is -0.207 e. The van der Waals surface area contributed by atoms with Crippen LogP contribution in [-0.2, 0) is 12.8 Å². The van der Waals surface area contributed by atoms with E-state index in [0.717, 1.165) is 28.4 Å². The molecule has 3 heteroatoms. The molecule has 0 aliphatic rings. The SMILES string of the molecule is Cc1ccc(F)cc1CC(CCl)Cc1ccc(Br)cc1. The molecule has 0 spiro atoms. The molecule has 0 nitrogen and oxygen atoms in total. The van der Waals surface area contributed by atoms with Crippen LogP contribution in [0.15, 0.2) is 46.9 Å². The second-order valence-corrected chi connectivity index (χ2v) is 6.35. The lowest BCUT2D eigenvalue weighted by atomic mass is 9.92. The number of hydrogen-bond donors (Lipinski definition) is 0. The first-order valence-electron chi connectivity index (χ1n) is 6.64. The summed E-state index contributed by atoms with van der Waals surface area (Å²) < 4.78 is 14.4. The summed E-state index contributed by atoms with van der Waals surface area (Å²) in [7, 11) is 0. The number of hydrogen-bond acceptors (Lipinski definition) is 0. The lowest BCUT2D eigenvalue weighted by molar-refractivity contribution is 0.574. The Morgan fingerprint density at radius 1 is 1.10 bits per heavy atom. The first-order valence-corrected chi connectivity index (χ1v) is 7.96. The number of aryl methyl sites for hydroxylation is 1. The van der Waals surface area contributed by atoms with Gasteiger partial charge in [0.05, 0.1) is 0 Å². The normalized spacial score (nSPS) is 12.4. The molecule has 0 aliphatic carbocycles. The molecule has 1 atom stereocenters. The number of halogens is 3. The van der Waals surface area contributed by atoms with E-state index in [0.29, 0.717) is 11.8 Å². The molecule has 0 fully saturated rings. The fourth-order valence-electron chi connectivity index (χ4n) is 2.31. The van der Waals surface area contributed by atoms with Gasteiger partial charge in [0.2, 0.25) is 0 Å². The number of benzene rings is 2. The molecule has 0 amide bonds. The third-order valence-electron chi connectivity index (χ3n) is 3.48. The maximum atomic E-state index is 13.3. The lowest BCUT2D eigenvalue weighted by Crippen LogP contribution is -2.11. The summed E-state index contributed by atoms with van der Waals surface area (Å²) in [5.74, 6) is 0.715. The van der Waals surface area contributed by atoms with E-state index in [1.54, 1.807) is 6.07 Å². The maximum Gasteiger partial charge on any atom is 0.123 e. The zero-order valence-electron chi connectivity index (χ0n) is 11.4. The Morgan fingerprint density at radius 2 is 1.80 bits per heavy atom. The van der Waals surface area contributed by atoms with Crippen molar-refractivity contribution in [1.29, 1.82) is 0 Å². The second-order valence-electron chi connectivity index (χ2n) is 5.13. The van der Waals surface area contributed by atoms with Crippen LogP contribution in [0.1, 0.15) is 16.7 Å². The highest BCUT2D eigenvalue weighted by Crippen LogP contribution is 2.20. The second kappa shape index (κ2) is 7.24. The number of alkyl halides is 1. The maximum absolute atomic E-state index is 13.3. The van der Waals surface area contributed by atoms with Gasteiger partial charge in [-0.3, -0.25) is 0 Å². The predicted octanol–water partition coefficient (Wildman–Crippen LogP) is 5.54. The summed E-state index contributed by atoms with van der Waals surface area (Å²) in [5.41, 5.74) is 3.43. The first-order chi connectivity index (χ1) is 9.58. The van der Waals surface area contributed by atoms with E-state index >= 15 is 0 Å². The molecule has 106 valence electrons. The Kier molecular flexibility index (Phi) is 5.62. The summed E-state index contributed by atoms with van der Waals surface area (Å²) in [6, 6.07) is 13.2. The van der Waals surface area contributed by atoms with Crippen LogP contribution in [0.25, 0.3) is 0 Å². The minimum atomic E-state index is -0.178. The molecule has 1 unspecified atom stereocenters. The van der Waals surface area contributed by atoms with E-state index in [9.17, 15) is 4.39 Å². The smallest absolute Gasteiger partial charge is 0.123 e. The van der Waals surface area contributed by atoms with Gasteiger partial charge in [-0.25, -0.2) is 4.39 Å². The van der Waals surface area contributed by atoms with Crippen LogP contribution >= 0.6 is 27.5 Å². The molecule has 0 aliphatic heterocycles. The lowest BCUT2D eigenvalue weighted by Gasteiger charge is -2.16. The van der Waals surface area contributed by atoms with Gasteiger partial charge in [0.15, 0.2) is 0 Å². The van der Waals surface area contributed by atoms with Crippen molar-refractivity contribution in [3.63, 3.8) is 0 Å². The Balaban J connectivity index is 2.08. The van der Waals surface area contributed by atoms with Crippen molar-refractivity contribution < 1.29 is 4.39 Å². The van der Waals surface area contributed by atoms with Gasteiger partial charge in [-0.05, 0) is 66.6 Å². The molecule has 0 saturated carbocycles. The molecule has 2 aromatic carbocycles. The summed E-state index contributed by atoms with van der Waals surface area (Å²) >= 11 is 9.52. The average Bonchev–Trinajstić information content (AvgIpc) is 2.44. The fraction of sp³-hybridized carbons (Fsp3) is 0.294. The van der Waals surface area contributed by atoms with Gasteiger partial charge >= 0.3 is 0 Å². The van der Waals surface area contributed by atoms with E-state index in [1.807, 2.05) is 25.1 Å². The van der Waals surface area contributed by atoms with E-state index in [4.69, 9.17) is 11.6 Å². The highest BCUT2D eigenvalue weighted by atomic mass is 79.9. The van der Waals surface area contributed by atoms with E-state index in [1.165, 1.54) is 11.6 Å². The minimum absolute atomic E-state index is 0.178. The largest absolute Gasteiger partial charge is 0.207 e. The topological polar surface area (TPSA) is 0 Å². The molecule has 0 heterocycles. The molecular weight excluding hydrogens is 339 g/mol. The van der Waals surface area contributed by atoms with Crippen LogP contribution in [0, 0.1) is 18.7 Å². The molecule has 0 aromatic heterocycles. The standard InChI is InChI=1S/C17H17BrClF/c1-12-2-7-17(20)10-15(12)9-14(11-19)8-13-3-5-16(18)6-4-13/h2-7,10,14H,8-9,11H2,1H3. The van der Waals surface area contributed by atoms with Gasteiger partial charge in [-0.2, -0.15) is 0 Å². The fourth-order valence-corrected chi connectivity index (χ4v) is 2.79. The Bertz CT molecular complexity index is 566. The van der Waals surface area contributed by atoms with Crippen LogP contribution in [0.2, 0.25) is 0 Å². The summed E-state index contributed by atoms with van der Waals surface area (Å²) in [4.78, 5) is 0. The van der Waals surface area contributed by atoms with Crippen molar-refractivity contribution in [1.82, 2.24) is 0 Å². The summed E-state index contributed by atoms with van der Waals surface area (Å²) in [6.07, 6.45) is 1.72. The van der Waals surface area contributed by atoms with Crippen LogP contribution < -0.4 is 0 Å². The van der Waals surface area contributed by atoms with Crippen molar-refractivity contribution in [3.05, 3.63) is 69.4 Å². The van der Waals surface area contributed by atoms with Crippen LogP contribution in [0.3, 0.4) is 0 Å². The van der Waals surface area contributed by atoms with Crippen molar-refractivity contribution in [3.8, 4) is 0 Å². The molecule has 0 saturated heterocycles. The van der Waals surface area contributed by atoms with E-state index in [-0.39, 0.29) is 5.82 Å². The average molecular weight is 356 g/mol. The van der Waals surface area contributed by atoms with E-state index in [2.05, 4.69) is 28.1 Å². The van der Waals surface area contributed by atoms with Gasteiger partial charge in [-0.1, -0.05) is 34.1 Å². The third kappa shape index (κ3) is 4.32. The first kappa shape index (κ1) is 15.5. The summed E-state index contributed by atoms with van der Waals surface area (Å²) in [5, 5.41) is 0. The van der Waals surface area contributed by atoms with Gasteiger partial charge in [0, 0.05) is 10.4 Å². The molecule has 0 N–H and O–H groups in total. The molecule has 2 aromatic rings. The third-order valence-corrected chi connectivity index (χ3v) is 4.44. The van der Waals surface area contributed by atoms with Gasteiger partial charge in [-0.15, -0.1) is 11.6 Å². The monoisotopic (exact) mass is 354 g/mol. The molecular formula is C17H17BrClF. The Hall–Kier alpha value is -0.860. The van der Waals surface area contributed by atoms with Crippen molar-refractivity contribution in [2.24, 2.45) is 5.92 Å². The van der Waals surface area contributed by atoms with Gasteiger partial charge in [0.1, 0.15) is 5.82 Å². The highest BCUT2D eigenvalue weighted by Gasteiger charge is 2.12. The predicted molar refractivity (Wildman–Crippen MR) is 86.9 cm³/mol. The van der Waals surface area contributed by atoms with Crippen LogP contribution in [0.4, 0.5) is 4.39 Å².